The third kappa shape index (κ3) is 7.38. The van der Waals surface area contributed by atoms with E-state index < -0.39 is 37.2 Å². The van der Waals surface area contributed by atoms with Crippen LogP contribution >= 0.6 is 23.8 Å². The normalized spacial score (nSPS) is 17.7. The van der Waals surface area contributed by atoms with Crippen LogP contribution in [-0.4, -0.2) is 62.7 Å². The molecule has 0 aromatic heterocycles. The molecule has 2 aliphatic heterocycles. The zero-order chi connectivity index (χ0) is 36.8. The molecule has 270 valence electrons. The van der Waals surface area contributed by atoms with Gasteiger partial charge in [0.2, 0.25) is 0 Å². The molecule has 50 heavy (non-hydrogen) atoms. The number of thiocarbonyl (C=S) groups is 1. The van der Waals surface area contributed by atoms with Crippen molar-refractivity contribution < 1.29 is 27.5 Å². The molecule has 1 unspecified atom stereocenters. The van der Waals surface area contributed by atoms with Gasteiger partial charge in [-0.3, -0.25) is 0 Å². The first-order valence-electron chi connectivity index (χ1n) is 17.0. The molecule has 0 spiro atoms. The lowest BCUT2D eigenvalue weighted by Crippen LogP contribution is -2.60. The number of amides is 1. The molecule has 1 atom stereocenters. The van der Waals surface area contributed by atoms with Gasteiger partial charge in [-0.2, -0.15) is 0 Å². The first-order valence-corrected chi connectivity index (χ1v) is 20.7. The molecule has 1 fully saturated rings. The molecule has 5 rings (SSSR count). The summed E-state index contributed by atoms with van der Waals surface area (Å²) in [6, 6.07) is 14.2. The van der Waals surface area contributed by atoms with Crippen LogP contribution in [0.5, 0.6) is 5.75 Å². The zero-order valence-corrected chi connectivity index (χ0v) is 32.8. The van der Waals surface area contributed by atoms with Crippen LogP contribution in [0.4, 0.5) is 19.3 Å². The highest BCUT2D eigenvalue weighted by Gasteiger charge is 2.51. The molecule has 12 heteroatoms. The lowest BCUT2D eigenvalue weighted by molar-refractivity contribution is 0.0164. The van der Waals surface area contributed by atoms with E-state index >= 15 is 8.78 Å². The Morgan fingerprint density at radius 2 is 1.70 bits per heavy atom. The van der Waals surface area contributed by atoms with Gasteiger partial charge in [0.1, 0.15) is 16.4 Å². The maximum Gasteiger partial charge on any atom is 0.410 e. The third-order valence-electron chi connectivity index (χ3n) is 10.0. The maximum absolute atomic E-state index is 16.8. The molecule has 2 aliphatic rings. The van der Waals surface area contributed by atoms with Crippen LogP contribution in [0.3, 0.4) is 0 Å². The number of ether oxygens (including phenoxy) is 2. The minimum absolute atomic E-state index is 0.0136. The van der Waals surface area contributed by atoms with Gasteiger partial charge in [-0.05, 0) is 68.2 Å². The topological polar surface area (TPSA) is 77.3 Å². The molecular formula is C38H48ClF2N3O4SSi. The molecule has 0 saturated carbocycles. The fourth-order valence-corrected chi connectivity index (χ4v) is 8.04. The van der Waals surface area contributed by atoms with Crippen LogP contribution in [-0.2, 0) is 21.1 Å². The summed E-state index contributed by atoms with van der Waals surface area (Å²) in [7, 11) is -1.95. The number of rotatable bonds is 9. The van der Waals surface area contributed by atoms with Crippen LogP contribution in [0.25, 0.3) is 11.1 Å². The van der Waals surface area contributed by atoms with Crippen molar-refractivity contribution in [3.63, 3.8) is 0 Å². The number of benzene rings is 3. The SMILES string of the molecule is CC(C)(C)OC(=O)N1CCN2c3cc(F)c(Cl)c(-c4c(C(N)=S)ccc(OCCCO[Si](C)(C)C(C)(C)C)c4F)c3CC2(c2ccccc2)C1. The number of hydrogen-bond acceptors (Lipinski definition) is 6. The van der Waals surface area contributed by atoms with E-state index in [2.05, 4.69) is 38.8 Å². The van der Waals surface area contributed by atoms with E-state index in [0.717, 1.165) is 5.56 Å². The molecule has 1 amide bonds. The number of nitrogens with two attached hydrogens (primary N) is 1. The zero-order valence-electron chi connectivity index (χ0n) is 30.2. The maximum atomic E-state index is 16.8. The standard InChI is InChI=1S/C38H48ClF2N3O4SSi/c1-36(2,3)48-35(45)43-17-18-44-28-21-27(40)32(39)30(26(28)22-38(44,23-43)24-13-10-9-11-14-24)31-25(34(42)49)15-16-29(33(31)41)46-19-12-20-47-50(7,8)37(4,5)6/h9-11,13-16,21H,12,17-20,22-23H2,1-8H3,(H2,42,49). The number of piperazine rings is 1. The smallest absolute Gasteiger partial charge is 0.410 e. The fraction of sp³-hybridized carbons (Fsp3) is 0.474. The Morgan fingerprint density at radius 1 is 1.02 bits per heavy atom. The molecule has 3 aromatic carbocycles. The van der Waals surface area contributed by atoms with Crippen LogP contribution in [0, 0.1) is 11.6 Å². The Bertz CT molecular complexity index is 1780. The predicted molar refractivity (Wildman–Crippen MR) is 203 cm³/mol. The van der Waals surface area contributed by atoms with E-state index in [1.807, 2.05) is 51.1 Å². The summed E-state index contributed by atoms with van der Waals surface area (Å²) in [6.07, 6.45) is 0.416. The van der Waals surface area contributed by atoms with Crippen LogP contribution in [0.1, 0.15) is 64.7 Å². The molecule has 1 saturated heterocycles. The Labute approximate surface area is 306 Å². The number of carbonyl (C=O) groups is 1. The Hall–Kier alpha value is -3.25. The summed E-state index contributed by atoms with van der Waals surface area (Å²) in [5.74, 6) is -1.46. The Balaban J connectivity index is 1.56. The number of halogens is 3. The van der Waals surface area contributed by atoms with Crippen molar-refractivity contribution in [3.8, 4) is 16.9 Å². The second-order valence-corrected chi connectivity index (χ2v) is 21.3. The van der Waals surface area contributed by atoms with Crippen molar-refractivity contribution in [3.05, 3.63) is 81.9 Å². The summed E-state index contributed by atoms with van der Waals surface area (Å²) < 4.78 is 50.7. The fourth-order valence-electron chi connectivity index (χ4n) is 6.52. The second-order valence-electron chi connectivity index (χ2n) is 15.6. The third-order valence-corrected chi connectivity index (χ3v) is 15.2. The van der Waals surface area contributed by atoms with Crippen molar-refractivity contribution >= 4 is 48.9 Å². The largest absolute Gasteiger partial charge is 0.490 e. The van der Waals surface area contributed by atoms with Crippen LogP contribution in [0.2, 0.25) is 23.2 Å². The van der Waals surface area contributed by atoms with Gasteiger partial charge >= 0.3 is 6.09 Å². The van der Waals surface area contributed by atoms with E-state index in [4.69, 9.17) is 43.5 Å². The summed E-state index contributed by atoms with van der Waals surface area (Å²) >= 11 is 12.2. The number of anilines is 1. The van der Waals surface area contributed by atoms with Gasteiger partial charge in [-0.15, -0.1) is 0 Å². The van der Waals surface area contributed by atoms with Crippen molar-refractivity contribution in [1.82, 2.24) is 4.90 Å². The average molecular weight is 744 g/mol. The Morgan fingerprint density at radius 3 is 2.32 bits per heavy atom. The van der Waals surface area contributed by atoms with Crippen molar-refractivity contribution in [2.75, 3.05) is 37.7 Å². The van der Waals surface area contributed by atoms with Crippen molar-refractivity contribution in [2.45, 2.75) is 83.7 Å². The molecule has 0 radical (unpaired) electrons. The molecular weight excluding hydrogens is 696 g/mol. The lowest BCUT2D eigenvalue weighted by atomic mass is 9.82. The first kappa shape index (κ1) is 38.0. The summed E-state index contributed by atoms with van der Waals surface area (Å²) in [6.45, 7) is 18.0. The highest BCUT2D eigenvalue weighted by atomic mass is 35.5. The van der Waals surface area contributed by atoms with Crippen LogP contribution in [0.15, 0.2) is 48.5 Å². The molecule has 3 aromatic rings. The minimum Gasteiger partial charge on any atom is -0.490 e. The van der Waals surface area contributed by atoms with Crippen molar-refractivity contribution in [1.29, 1.82) is 0 Å². The van der Waals surface area contributed by atoms with Gasteiger partial charge < -0.3 is 29.4 Å². The Kier molecular flexibility index (Phi) is 10.7. The van der Waals surface area contributed by atoms with E-state index in [9.17, 15) is 4.79 Å². The van der Waals surface area contributed by atoms with E-state index in [1.54, 1.807) is 11.0 Å². The first-order chi connectivity index (χ1) is 23.3. The van der Waals surface area contributed by atoms with Crippen LogP contribution < -0.4 is 15.4 Å². The average Bonchev–Trinajstić information content (AvgIpc) is 3.35. The molecule has 0 aliphatic carbocycles. The van der Waals surface area contributed by atoms with Gasteiger partial charge in [0.15, 0.2) is 19.9 Å². The molecule has 0 bridgehead atoms. The van der Waals surface area contributed by atoms with Gasteiger partial charge in [0.25, 0.3) is 0 Å². The van der Waals surface area contributed by atoms with Gasteiger partial charge in [0.05, 0.1) is 23.7 Å². The highest BCUT2D eigenvalue weighted by Crippen LogP contribution is 2.53. The summed E-state index contributed by atoms with van der Waals surface area (Å²) in [4.78, 5) is 17.1. The highest BCUT2D eigenvalue weighted by molar-refractivity contribution is 7.80. The summed E-state index contributed by atoms with van der Waals surface area (Å²) in [5.41, 5.74) is 7.14. The van der Waals surface area contributed by atoms with E-state index in [-0.39, 0.29) is 50.6 Å². The number of hydrogen-bond donors (Lipinski definition) is 1. The number of nitrogens with zero attached hydrogens (tertiary/aromatic N) is 2. The number of fused-ring (bicyclic) bond motifs is 3. The number of carbonyl (C=O) groups excluding carboxylic acids is 1. The van der Waals surface area contributed by atoms with Crippen molar-refractivity contribution in [2.24, 2.45) is 5.73 Å². The molecule has 2 heterocycles. The second kappa shape index (κ2) is 14.0. The quantitative estimate of drug-likeness (QED) is 0.133. The monoisotopic (exact) mass is 743 g/mol. The molecule has 2 N–H and O–H groups in total. The van der Waals surface area contributed by atoms with E-state index in [0.29, 0.717) is 43.8 Å². The lowest BCUT2D eigenvalue weighted by Gasteiger charge is -2.48. The van der Waals surface area contributed by atoms with Gasteiger partial charge in [-0.1, -0.05) is 74.9 Å². The van der Waals surface area contributed by atoms with E-state index in [1.165, 1.54) is 12.1 Å². The van der Waals surface area contributed by atoms with Gasteiger partial charge in [0, 0.05) is 54.9 Å². The minimum atomic E-state index is -1.95. The predicted octanol–water partition coefficient (Wildman–Crippen LogP) is 9.22. The molecule has 7 nitrogen and oxygen atoms in total. The van der Waals surface area contributed by atoms with Gasteiger partial charge in [-0.25, -0.2) is 13.6 Å². The summed E-state index contributed by atoms with van der Waals surface area (Å²) in [5, 5.41) is -0.177.